The lowest BCUT2D eigenvalue weighted by atomic mass is 10.0. The Morgan fingerprint density at radius 1 is 1.26 bits per heavy atom. The Morgan fingerprint density at radius 2 is 1.84 bits per heavy atom. The summed E-state index contributed by atoms with van der Waals surface area (Å²) in [6, 6.07) is 9.33. The van der Waals surface area contributed by atoms with Crippen molar-refractivity contribution in [3.63, 3.8) is 0 Å². The highest BCUT2D eigenvalue weighted by atomic mass is 32.2. The van der Waals surface area contributed by atoms with Crippen LogP contribution in [0.5, 0.6) is 0 Å². The van der Waals surface area contributed by atoms with Gasteiger partial charge in [0.1, 0.15) is 15.3 Å². The molecule has 0 unspecified atom stereocenters. The normalized spacial score (nSPS) is 11.2. The highest BCUT2D eigenvalue weighted by Crippen LogP contribution is 2.40. The average Bonchev–Trinajstić information content (AvgIpc) is 2.67. The van der Waals surface area contributed by atoms with E-state index in [2.05, 4.69) is 0 Å². The fourth-order valence-corrected chi connectivity index (χ4v) is 4.02. The van der Waals surface area contributed by atoms with Gasteiger partial charge in [-0.25, -0.2) is 8.42 Å². The molecule has 2 aromatic rings. The number of rotatable bonds is 2. The first-order valence-electron chi connectivity index (χ1n) is 5.44. The lowest BCUT2D eigenvalue weighted by molar-refractivity contribution is 0.604. The summed E-state index contributed by atoms with van der Waals surface area (Å²) < 4.78 is 23.8. The maximum absolute atomic E-state index is 11.8. The van der Waals surface area contributed by atoms with Crippen molar-refractivity contribution >= 4 is 26.2 Å². The Balaban J connectivity index is 2.81. The van der Waals surface area contributed by atoms with Crippen LogP contribution in [-0.4, -0.2) is 14.7 Å². The van der Waals surface area contributed by atoms with E-state index in [1.165, 1.54) is 0 Å². The summed E-state index contributed by atoms with van der Waals surface area (Å²) in [5.74, 6) is 0. The molecular formula is C13H12N2O2S2. The van der Waals surface area contributed by atoms with Crippen LogP contribution in [0.3, 0.4) is 0 Å². The summed E-state index contributed by atoms with van der Waals surface area (Å²) in [6.07, 6.45) is 1.12. The number of sulfone groups is 1. The van der Waals surface area contributed by atoms with Crippen LogP contribution >= 0.6 is 11.3 Å². The molecule has 0 spiro atoms. The second-order valence-corrected chi connectivity index (χ2v) is 7.52. The highest BCUT2D eigenvalue weighted by Gasteiger charge is 2.24. The summed E-state index contributed by atoms with van der Waals surface area (Å²) >= 11 is 0.939. The molecule has 0 amide bonds. The van der Waals surface area contributed by atoms with Crippen molar-refractivity contribution in [3.05, 3.63) is 35.4 Å². The third kappa shape index (κ3) is 2.48. The van der Waals surface area contributed by atoms with Crippen molar-refractivity contribution in [1.29, 1.82) is 5.26 Å². The molecule has 4 nitrogen and oxygen atoms in total. The number of nitrogens with two attached hydrogens (primary N) is 1. The number of hydrogen-bond donors (Lipinski definition) is 1. The Kier molecular flexibility index (Phi) is 3.35. The van der Waals surface area contributed by atoms with Gasteiger partial charge in [0.2, 0.25) is 0 Å². The summed E-state index contributed by atoms with van der Waals surface area (Å²) in [7, 11) is -3.42. The van der Waals surface area contributed by atoms with Crippen molar-refractivity contribution in [1.82, 2.24) is 0 Å². The van der Waals surface area contributed by atoms with Crippen LogP contribution in [0.15, 0.2) is 28.5 Å². The molecule has 0 fully saturated rings. The van der Waals surface area contributed by atoms with Gasteiger partial charge in [-0.1, -0.05) is 29.8 Å². The van der Waals surface area contributed by atoms with Crippen LogP contribution in [0.25, 0.3) is 11.1 Å². The van der Waals surface area contributed by atoms with Crippen LogP contribution in [0.1, 0.15) is 11.1 Å². The minimum Gasteiger partial charge on any atom is -0.389 e. The van der Waals surface area contributed by atoms with Crippen LogP contribution in [0.4, 0.5) is 5.00 Å². The standard InChI is InChI=1S/C13H12N2O2S2/c1-8-3-5-9(6-4-8)11-10(7-14)12(15)18-13(11)19(2,16)17/h3-6H,15H2,1-2H3. The summed E-state index contributed by atoms with van der Waals surface area (Å²) in [4.78, 5) is 0. The average molecular weight is 292 g/mol. The summed E-state index contributed by atoms with van der Waals surface area (Å²) in [5, 5.41) is 9.41. The second-order valence-electron chi connectivity index (χ2n) is 4.25. The Hall–Kier alpha value is -1.84. The molecule has 0 atom stereocenters. The molecule has 0 bridgehead atoms. The molecule has 0 aliphatic rings. The molecule has 0 aliphatic heterocycles. The maximum Gasteiger partial charge on any atom is 0.185 e. The number of nitriles is 1. The smallest absolute Gasteiger partial charge is 0.185 e. The van der Waals surface area contributed by atoms with Gasteiger partial charge in [0.25, 0.3) is 0 Å². The topological polar surface area (TPSA) is 83.9 Å². The van der Waals surface area contributed by atoms with Crippen molar-refractivity contribution in [2.24, 2.45) is 0 Å². The van der Waals surface area contributed by atoms with Gasteiger partial charge in [-0.05, 0) is 12.5 Å². The van der Waals surface area contributed by atoms with E-state index in [1.807, 2.05) is 25.1 Å². The third-order valence-corrected chi connectivity index (χ3v) is 5.54. The zero-order valence-corrected chi connectivity index (χ0v) is 12.1. The van der Waals surface area contributed by atoms with E-state index in [1.54, 1.807) is 12.1 Å². The SMILES string of the molecule is Cc1ccc(-c2c(S(C)(=O)=O)sc(N)c2C#N)cc1. The van der Waals surface area contributed by atoms with E-state index < -0.39 is 9.84 Å². The van der Waals surface area contributed by atoms with Gasteiger partial charge in [-0.3, -0.25) is 0 Å². The van der Waals surface area contributed by atoms with E-state index in [-0.39, 0.29) is 14.8 Å². The Labute approximate surface area is 116 Å². The molecule has 1 aromatic carbocycles. The fraction of sp³-hybridized carbons (Fsp3) is 0.154. The van der Waals surface area contributed by atoms with Crippen molar-refractivity contribution in [2.75, 3.05) is 12.0 Å². The van der Waals surface area contributed by atoms with Gasteiger partial charge in [0.15, 0.2) is 9.84 Å². The quantitative estimate of drug-likeness (QED) is 0.922. The van der Waals surface area contributed by atoms with Crippen molar-refractivity contribution in [3.8, 4) is 17.2 Å². The second kappa shape index (κ2) is 4.68. The molecule has 0 radical (unpaired) electrons. The van der Waals surface area contributed by atoms with Gasteiger partial charge in [-0.15, -0.1) is 11.3 Å². The number of hydrogen-bond acceptors (Lipinski definition) is 5. The van der Waals surface area contributed by atoms with Gasteiger partial charge >= 0.3 is 0 Å². The van der Waals surface area contributed by atoms with Gasteiger partial charge in [-0.2, -0.15) is 5.26 Å². The molecule has 1 heterocycles. The van der Waals surface area contributed by atoms with E-state index in [4.69, 9.17) is 5.73 Å². The molecule has 0 aliphatic carbocycles. The molecule has 2 rings (SSSR count). The molecule has 19 heavy (non-hydrogen) atoms. The van der Waals surface area contributed by atoms with E-state index in [0.717, 1.165) is 23.2 Å². The Morgan fingerprint density at radius 3 is 2.32 bits per heavy atom. The molecule has 1 aromatic heterocycles. The summed E-state index contributed by atoms with van der Waals surface area (Å²) in [5.41, 5.74) is 8.14. The monoisotopic (exact) mass is 292 g/mol. The molecule has 6 heteroatoms. The summed E-state index contributed by atoms with van der Waals surface area (Å²) in [6.45, 7) is 1.94. The number of benzene rings is 1. The fourth-order valence-electron chi connectivity index (χ4n) is 1.78. The molecule has 98 valence electrons. The van der Waals surface area contributed by atoms with Crippen LogP contribution in [0, 0.1) is 18.3 Å². The lowest BCUT2D eigenvalue weighted by Gasteiger charge is -2.04. The molecule has 2 N–H and O–H groups in total. The first-order valence-corrected chi connectivity index (χ1v) is 8.15. The van der Waals surface area contributed by atoms with Gasteiger partial charge < -0.3 is 5.73 Å². The number of thiophene rings is 1. The predicted molar refractivity (Wildman–Crippen MR) is 76.7 cm³/mol. The molecule has 0 saturated heterocycles. The van der Waals surface area contributed by atoms with Crippen LogP contribution in [-0.2, 0) is 9.84 Å². The Bertz CT molecular complexity index is 766. The number of anilines is 1. The number of nitrogens with zero attached hydrogens (tertiary/aromatic N) is 1. The molecular weight excluding hydrogens is 280 g/mol. The first kappa shape index (κ1) is 13.6. The zero-order valence-electron chi connectivity index (χ0n) is 10.5. The van der Waals surface area contributed by atoms with E-state index in [0.29, 0.717) is 11.1 Å². The first-order chi connectivity index (χ1) is 8.84. The van der Waals surface area contributed by atoms with E-state index in [9.17, 15) is 13.7 Å². The van der Waals surface area contributed by atoms with Crippen LogP contribution < -0.4 is 5.73 Å². The minimum absolute atomic E-state index is 0.144. The highest BCUT2D eigenvalue weighted by molar-refractivity contribution is 7.93. The van der Waals surface area contributed by atoms with Crippen LogP contribution in [0.2, 0.25) is 0 Å². The third-order valence-electron chi connectivity index (χ3n) is 2.69. The van der Waals surface area contributed by atoms with Gasteiger partial charge in [0, 0.05) is 11.8 Å². The van der Waals surface area contributed by atoms with Crippen molar-refractivity contribution < 1.29 is 8.42 Å². The van der Waals surface area contributed by atoms with E-state index >= 15 is 0 Å². The minimum atomic E-state index is -3.42. The van der Waals surface area contributed by atoms with Crippen molar-refractivity contribution in [2.45, 2.75) is 11.1 Å². The van der Waals surface area contributed by atoms with Gasteiger partial charge in [0.05, 0.1) is 5.56 Å². The zero-order chi connectivity index (χ0) is 14.2. The number of nitrogen functional groups attached to an aromatic ring is 1. The lowest BCUT2D eigenvalue weighted by Crippen LogP contribution is -1.96. The predicted octanol–water partition coefficient (Wildman–Crippen LogP) is 2.58. The number of aryl methyl sites for hydroxylation is 1. The largest absolute Gasteiger partial charge is 0.389 e. The maximum atomic E-state index is 11.8. The molecule has 0 saturated carbocycles.